The fourth-order valence-corrected chi connectivity index (χ4v) is 10.2. The topological polar surface area (TPSA) is 32.5 Å². The van der Waals surface area contributed by atoms with E-state index >= 15 is 17.6 Å². The summed E-state index contributed by atoms with van der Waals surface area (Å²) < 4.78 is 71.6. The molecule has 0 fully saturated rings. The number of halogens is 4. The summed E-state index contributed by atoms with van der Waals surface area (Å²) in [6, 6.07) is 4.16. The molecule has 0 unspecified atom stereocenters. The summed E-state index contributed by atoms with van der Waals surface area (Å²) in [5.41, 5.74) is 7.71. The minimum atomic E-state index is -1.98. The summed E-state index contributed by atoms with van der Waals surface area (Å²) in [5, 5.41) is 1.96. The van der Waals surface area contributed by atoms with Crippen molar-refractivity contribution < 1.29 is 27.1 Å². The van der Waals surface area contributed by atoms with Crippen molar-refractivity contribution in [2.45, 2.75) is 129 Å². The molecule has 0 radical (unpaired) electrons. The van der Waals surface area contributed by atoms with Crippen LogP contribution in [0, 0.1) is 23.3 Å². The Kier molecular flexibility index (Phi) is 10.7. The van der Waals surface area contributed by atoms with Gasteiger partial charge in [-0.2, -0.15) is 0 Å². The molecule has 0 spiro atoms. The molecule has 0 bridgehead atoms. The van der Waals surface area contributed by atoms with Crippen molar-refractivity contribution in [1.29, 1.82) is 0 Å². The molecule has 3 aromatic rings. The largest absolute Gasteiger partial charge is 0.462 e. The highest BCUT2D eigenvalue weighted by Gasteiger charge is 2.38. The molecule has 0 atom stereocenters. The number of hydrogen-bond donors (Lipinski definition) is 0. The summed E-state index contributed by atoms with van der Waals surface area (Å²) in [4.78, 5) is 16.4. The Hall–Kier alpha value is -3.68. The Morgan fingerprint density at radius 3 is 2.09 bits per heavy atom. The smallest absolute Gasteiger partial charge is 0.341 e. The summed E-state index contributed by atoms with van der Waals surface area (Å²) >= 11 is 0. The van der Waals surface area contributed by atoms with E-state index in [4.69, 9.17) is 4.74 Å². The fourth-order valence-electron chi connectivity index (χ4n) is 10.2. The van der Waals surface area contributed by atoms with Crippen LogP contribution in [0.25, 0.3) is 5.57 Å². The Morgan fingerprint density at radius 1 is 0.698 bits per heavy atom. The number of fused-ring (bicyclic) bond motifs is 4. The second-order valence-electron chi connectivity index (χ2n) is 16.0. The van der Waals surface area contributed by atoms with Crippen LogP contribution in [0.2, 0.25) is 0 Å². The first-order valence-corrected chi connectivity index (χ1v) is 20.6. The van der Waals surface area contributed by atoms with Crippen molar-refractivity contribution in [3.05, 3.63) is 96.0 Å². The lowest BCUT2D eigenvalue weighted by Crippen LogP contribution is -2.46. The van der Waals surface area contributed by atoms with Crippen molar-refractivity contribution in [2.24, 2.45) is 0 Å². The van der Waals surface area contributed by atoms with Gasteiger partial charge in [0.05, 0.1) is 6.61 Å². The third kappa shape index (κ3) is 6.60. The molecule has 53 heavy (non-hydrogen) atoms. The highest BCUT2D eigenvalue weighted by Crippen LogP contribution is 2.45. The second-order valence-corrected chi connectivity index (χ2v) is 16.0. The lowest BCUT2D eigenvalue weighted by atomic mass is 9.74. The van der Waals surface area contributed by atoms with Gasteiger partial charge in [-0.25, -0.2) is 26.9 Å². The van der Waals surface area contributed by atoms with E-state index in [1.54, 1.807) is 0 Å². The minimum absolute atomic E-state index is 0.00167. The van der Waals surface area contributed by atoms with Gasteiger partial charge in [0.1, 0.15) is 18.7 Å². The zero-order chi connectivity index (χ0) is 36.6. The van der Waals surface area contributed by atoms with Crippen LogP contribution in [0.15, 0.2) is 12.1 Å². The number of aryl methyl sites for hydroxylation is 2. The van der Waals surface area contributed by atoms with Crippen LogP contribution in [0.3, 0.4) is 0 Å². The van der Waals surface area contributed by atoms with Gasteiger partial charge < -0.3 is 9.64 Å². The first kappa shape index (κ1) is 36.3. The van der Waals surface area contributed by atoms with Crippen LogP contribution in [-0.2, 0) is 36.8 Å². The van der Waals surface area contributed by atoms with Crippen LogP contribution >= 0.6 is 0 Å². The number of unbranched alkanes of at least 4 members (excludes halogenated alkanes) is 9. The van der Waals surface area contributed by atoms with Gasteiger partial charge in [-0.05, 0) is 96.5 Å². The Morgan fingerprint density at radius 2 is 1.34 bits per heavy atom. The molecular weight excluding hydrogens is 676 g/mol. The predicted molar refractivity (Wildman–Crippen MR) is 201 cm³/mol. The maximum absolute atomic E-state index is 16.7. The molecule has 8 rings (SSSR count). The van der Waals surface area contributed by atoms with Crippen molar-refractivity contribution in [2.75, 3.05) is 37.7 Å². The van der Waals surface area contributed by atoms with E-state index in [1.165, 1.54) is 60.7 Å². The molecule has 282 valence electrons. The average Bonchev–Trinajstić information content (AvgIpc) is 3.17. The molecule has 4 nitrogen and oxygen atoms in total. The zero-order valence-electron chi connectivity index (χ0n) is 31.3. The number of rotatable bonds is 13. The van der Waals surface area contributed by atoms with Gasteiger partial charge in [0, 0.05) is 53.9 Å². The maximum Gasteiger partial charge on any atom is 0.341 e. The van der Waals surface area contributed by atoms with Crippen LogP contribution in [0.1, 0.15) is 152 Å². The van der Waals surface area contributed by atoms with E-state index in [0.29, 0.717) is 29.2 Å². The van der Waals surface area contributed by atoms with Crippen molar-refractivity contribution in [3.63, 3.8) is 0 Å². The number of benzene rings is 3. The molecule has 0 saturated carbocycles. The third-order valence-corrected chi connectivity index (χ3v) is 12.6. The number of nitrogens with zero attached hydrogens (tertiary/aromatic N) is 2. The predicted octanol–water partition coefficient (Wildman–Crippen LogP) is 8.55. The second kappa shape index (κ2) is 15.6. The van der Waals surface area contributed by atoms with Crippen LogP contribution < -0.4 is 20.1 Å². The number of carbonyl (C=O) groups excluding carboxylic acids is 1. The first-order valence-electron chi connectivity index (χ1n) is 20.6. The summed E-state index contributed by atoms with van der Waals surface area (Å²) in [7, 11) is 0. The minimum Gasteiger partial charge on any atom is -0.462 e. The van der Waals surface area contributed by atoms with Crippen LogP contribution in [0.4, 0.5) is 23.2 Å². The van der Waals surface area contributed by atoms with Gasteiger partial charge in [0.25, 0.3) is 0 Å². The molecule has 1 aliphatic carbocycles. The molecule has 0 amide bonds. The molecule has 5 aliphatic rings. The standard InChI is InChI=1S/C45H53F4N2O2/c1-2-3-4-5-6-7-8-9-10-11-24-53-45(52)38-37(39(46)41(48)42(49)40(38)47)36-34-25-28-16-12-20-50-22-14-18-30(43(28)50)32(34)27-33-31-19-15-23-51-21-13-17-29(44(31)51)26-35(33)36/h25-26H,2-24,27H2,1H3/q+1. The number of carbonyl (C=O) groups is 1. The number of esters is 1. The molecule has 0 N–H and O–H groups in total. The van der Waals surface area contributed by atoms with Gasteiger partial charge >= 0.3 is 5.97 Å². The van der Waals surface area contributed by atoms with Gasteiger partial charge in [0.15, 0.2) is 23.3 Å². The average molecular weight is 730 g/mol. The monoisotopic (exact) mass is 729 g/mol. The summed E-state index contributed by atoms with van der Waals surface area (Å²) in [5.74, 6) is -8.26. The quantitative estimate of drug-likeness (QED) is 0.0346. The lowest BCUT2D eigenvalue weighted by molar-refractivity contribution is 0.0489. The molecule has 4 aliphatic heterocycles. The Balaban J connectivity index is 1.23. The van der Waals surface area contributed by atoms with Crippen molar-refractivity contribution in [1.82, 2.24) is 4.58 Å². The number of hydrogen-bond acceptors (Lipinski definition) is 3. The molecule has 8 heteroatoms. The molecular formula is C45H53F4N2O2+. The van der Waals surface area contributed by atoms with E-state index in [2.05, 4.69) is 28.5 Å². The third-order valence-electron chi connectivity index (χ3n) is 12.6. The highest BCUT2D eigenvalue weighted by atomic mass is 19.2. The zero-order valence-corrected chi connectivity index (χ0v) is 31.3. The molecule has 0 aromatic heterocycles. The Labute approximate surface area is 310 Å². The van der Waals surface area contributed by atoms with Crippen LogP contribution in [0.5, 0.6) is 0 Å². The molecule has 3 aromatic carbocycles. The summed E-state index contributed by atoms with van der Waals surface area (Å²) in [6.45, 7) is 6.14. The Bertz CT molecular complexity index is 2070. The van der Waals surface area contributed by atoms with Gasteiger partial charge in [-0.3, -0.25) is 0 Å². The van der Waals surface area contributed by atoms with Crippen molar-refractivity contribution in [3.8, 4) is 0 Å². The fraction of sp³-hybridized carbons (Fsp3) is 0.556. The number of anilines is 1. The van der Waals surface area contributed by atoms with Gasteiger partial charge in [-0.15, -0.1) is 0 Å². The van der Waals surface area contributed by atoms with Gasteiger partial charge in [-0.1, -0.05) is 64.7 Å². The van der Waals surface area contributed by atoms with Gasteiger partial charge in [0.2, 0.25) is 5.36 Å². The lowest BCUT2D eigenvalue weighted by Gasteiger charge is -2.40. The van der Waals surface area contributed by atoms with E-state index in [1.807, 2.05) is 0 Å². The van der Waals surface area contributed by atoms with E-state index in [9.17, 15) is 4.79 Å². The van der Waals surface area contributed by atoms with E-state index in [0.717, 1.165) is 119 Å². The molecule has 4 heterocycles. The van der Waals surface area contributed by atoms with E-state index < -0.39 is 40.4 Å². The highest BCUT2D eigenvalue weighted by molar-refractivity contribution is 6.00. The number of ether oxygens (including phenoxy) is 1. The normalized spacial score (nSPS) is 17.0. The van der Waals surface area contributed by atoms with Crippen LogP contribution in [-0.4, -0.2) is 38.8 Å². The first-order chi connectivity index (χ1) is 25.9. The SMILES string of the molecule is CCCCCCCCCCCCOC(=O)c1c(F)c(F)c(F)c(F)c1C1=c2cc3c4c(c2Cc2c1cc1c5c2CCCN5CCC1)CCC[N+]=4CCC3. The van der Waals surface area contributed by atoms with Crippen molar-refractivity contribution >= 4 is 17.2 Å². The van der Waals surface area contributed by atoms with E-state index in [-0.39, 0.29) is 6.61 Å². The maximum atomic E-state index is 16.7. The molecule has 0 saturated heterocycles. The summed E-state index contributed by atoms with van der Waals surface area (Å²) in [6.07, 6.45) is 18.9.